The molecule has 4 N–H and O–H groups in total. The molecule has 0 heterocycles. The summed E-state index contributed by atoms with van der Waals surface area (Å²) in [6, 6.07) is 11.0. The van der Waals surface area contributed by atoms with E-state index in [0.29, 0.717) is 22.0 Å². The zero-order chi connectivity index (χ0) is 13.1. The van der Waals surface area contributed by atoms with E-state index in [1.807, 2.05) is 25.1 Å². The first-order valence-electron chi connectivity index (χ1n) is 5.49. The highest BCUT2D eigenvalue weighted by Crippen LogP contribution is 2.17. The highest BCUT2D eigenvalue weighted by molar-refractivity contribution is 6.30. The lowest BCUT2D eigenvalue weighted by atomic mass is 10.1. The van der Waals surface area contributed by atoms with Crippen LogP contribution in [0.4, 0.5) is 11.4 Å². The average molecular weight is 257 g/mol. The maximum absolute atomic E-state index is 5.91. The highest BCUT2D eigenvalue weighted by Gasteiger charge is 1.98. The Labute approximate surface area is 112 Å². The van der Waals surface area contributed by atoms with Crippen LogP contribution < -0.4 is 11.5 Å². The molecular formula is C15H13ClN2. The fraction of sp³-hybridized carbons (Fsp3) is 0.0667. The number of benzene rings is 2. The third-order valence-corrected chi connectivity index (χ3v) is 2.79. The van der Waals surface area contributed by atoms with Crippen LogP contribution in [0.3, 0.4) is 0 Å². The standard InChI is InChI=1S/C15H13ClN2/c1-10-2-6-14(17)11(8-10)3-4-12-9-13(16)5-7-15(12)18/h2,5-9H,17-18H2,1H3. The van der Waals surface area contributed by atoms with Gasteiger partial charge in [0, 0.05) is 27.5 Å². The maximum Gasteiger partial charge on any atom is 0.0493 e. The van der Waals surface area contributed by atoms with E-state index in [0.717, 1.165) is 11.1 Å². The van der Waals surface area contributed by atoms with E-state index in [1.54, 1.807) is 18.2 Å². The third kappa shape index (κ3) is 2.77. The topological polar surface area (TPSA) is 52.0 Å². The molecule has 0 bridgehead atoms. The zero-order valence-corrected chi connectivity index (χ0v) is 10.8. The molecule has 0 saturated carbocycles. The van der Waals surface area contributed by atoms with Crippen LogP contribution in [0.5, 0.6) is 0 Å². The second-order valence-electron chi connectivity index (χ2n) is 4.07. The summed E-state index contributed by atoms with van der Waals surface area (Å²) in [7, 11) is 0. The van der Waals surface area contributed by atoms with Gasteiger partial charge >= 0.3 is 0 Å². The zero-order valence-electron chi connectivity index (χ0n) is 10.00. The van der Waals surface area contributed by atoms with Gasteiger partial charge < -0.3 is 11.5 Å². The Morgan fingerprint density at radius 3 is 2.11 bits per heavy atom. The number of anilines is 2. The van der Waals surface area contributed by atoms with Gasteiger partial charge in [0.15, 0.2) is 0 Å². The molecule has 2 aromatic rings. The van der Waals surface area contributed by atoms with Gasteiger partial charge in [0.05, 0.1) is 0 Å². The molecule has 18 heavy (non-hydrogen) atoms. The van der Waals surface area contributed by atoms with Gasteiger partial charge in [0.1, 0.15) is 0 Å². The van der Waals surface area contributed by atoms with Gasteiger partial charge in [0.25, 0.3) is 0 Å². The van der Waals surface area contributed by atoms with Crippen molar-refractivity contribution in [1.82, 2.24) is 0 Å². The number of nitrogens with two attached hydrogens (primary N) is 2. The molecule has 0 spiro atoms. The molecule has 0 saturated heterocycles. The van der Waals surface area contributed by atoms with Crippen molar-refractivity contribution >= 4 is 23.0 Å². The van der Waals surface area contributed by atoms with Crippen LogP contribution in [-0.2, 0) is 0 Å². The summed E-state index contributed by atoms with van der Waals surface area (Å²) in [6.07, 6.45) is 0. The molecule has 0 fully saturated rings. The van der Waals surface area contributed by atoms with E-state index in [-0.39, 0.29) is 0 Å². The Morgan fingerprint density at radius 1 is 0.889 bits per heavy atom. The van der Waals surface area contributed by atoms with E-state index in [4.69, 9.17) is 23.1 Å². The summed E-state index contributed by atoms with van der Waals surface area (Å²) in [6.45, 7) is 2.00. The van der Waals surface area contributed by atoms with Crippen molar-refractivity contribution in [2.75, 3.05) is 11.5 Å². The SMILES string of the molecule is Cc1ccc(N)c(C#Cc2cc(Cl)ccc2N)c1. The average Bonchev–Trinajstić information content (AvgIpc) is 2.34. The lowest BCUT2D eigenvalue weighted by molar-refractivity contribution is 1.45. The Kier molecular flexibility index (Phi) is 3.45. The van der Waals surface area contributed by atoms with E-state index >= 15 is 0 Å². The molecule has 0 aromatic heterocycles. The van der Waals surface area contributed by atoms with Crippen molar-refractivity contribution in [2.45, 2.75) is 6.92 Å². The van der Waals surface area contributed by atoms with Gasteiger partial charge in [-0.15, -0.1) is 0 Å². The summed E-state index contributed by atoms with van der Waals surface area (Å²) in [4.78, 5) is 0. The quantitative estimate of drug-likeness (QED) is 0.562. The van der Waals surface area contributed by atoms with Crippen molar-refractivity contribution in [3.05, 3.63) is 58.1 Å². The lowest BCUT2D eigenvalue weighted by Crippen LogP contribution is -1.92. The Bertz CT molecular complexity index is 596. The van der Waals surface area contributed by atoms with Gasteiger partial charge in [-0.1, -0.05) is 29.5 Å². The summed E-state index contributed by atoms with van der Waals surface area (Å²) >= 11 is 5.91. The number of halogens is 1. The molecule has 0 amide bonds. The summed E-state index contributed by atoms with van der Waals surface area (Å²) < 4.78 is 0. The summed E-state index contributed by atoms with van der Waals surface area (Å²) in [5.41, 5.74) is 15.6. The molecule has 0 atom stereocenters. The number of hydrogen-bond acceptors (Lipinski definition) is 2. The molecule has 0 aliphatic rings. The smallest absolute Gasteiger partial charge is 0.0493 e. The third-order valence-electron chi connectivity index (χ3n) is 2.56. The Hall–Kier alpha value is -2.11. The highest BCUT2D eigenvalue weighted by atomic mass is 35.5. The van der Waals surface area contributed by atoms with Gasteiger partial charge in [-0.25, -0.2) is 0 Å². The fourth-order valence-corrected chi connectivity index (χ4v) is 1.72. The van der Waals surface area contributed by atoms with Crippen molar-refractivity contribution in [3.63, 3.8) is 0 Å². The van der Waals surface area contributed by atoms with E-state index < -0.39 is 0 Å². The molecule has 2 aromatic carbocycles. The van der Waals surface area contributed by atoms with Crippen molar-refractivity contribution in [2.24, 2.45) is 0 Å². The van der Waals surface area contributed by atoms with Crippen molar-refractivity contribution < 1.29 is 0 Å². The number of rotatable bonds is 0. The van der Waals surface area contributed by atoms with E-state index in [9.17, 15) is 0 Å². The molecule has 2 nitrogen and oxygen atoms in total. The normalized spacial score (nSPS) is 9.67. The van der Waals surface area contributed by atoms with Gasteiger partial charge in [-0.2, -0.15) is 0 Å². The summed E-state index contributed by atoms with van der Waals surface area (Å²) in [5, 5.41) is 0.616. The Morgan fingerprint density at radius 2 is 1.44 bits per heavy atom. The molecule has 0 radical (unpaired) electrons. The van der Waals surface area contributed by atoms with Gasteiger partial charge in [0.2, 0.25) is 0 Å². The molecule has 3 heteroatoms. The van der Waals surface area contributed by atoms with Crippen LogP contribution in [0.25, 0.3) is 0 Å². The predicted molar refractivity (Wildman–Crippen MR) is 77.4 cm³/mol. The predicted octanol–water partition coefficient (Wildman–Crippen LogP) is 3.21. The van der Waals surface area contributed by atoms with E-state index in [2.05, 4.69) is 11.8 Å². The minimum Gasteiger partial charge on any atom is -0.398 e. The molecular weight excluding hydrogens is 244 g/mol. The number of aryl methyl sites for hydroxylation is 1. The van der Waals surface area contributed by atoms with Crippen LogP contribution >= 0.6 is 11.6 Å². The van der Waals surface area contributed by atoms with E-state index in [1.165, 1.54) is 0 Å². The van der Waals surface area contributed by atoms with Crippen LogP contribution in [-0.4, -0.2) is 0 Å². The van der Waals surface area contributed by atoms with Crippen LogP contribution in [0.15, 0.2) is 36.4 Å². The van der Waals surface area contributed by atoms with Crippen molar-refractivity contribution in [1.29, 1.82) is 0 Å². The van der Waals surface area contributed by atoms with Crippen LogP contribution in [0, 0.1) is 18.8 Å². The largest absolute Gasteiger partial charge is 0.398 e. The molecule has 0 unspecified atom stereocenters. The monoisotopic (exact) mass is 256 g/mol. The Balaban J connectivity index is 2.42. The second-order valence-corrected chi connectivity index (χ2v) is 4.51. The first-order chi connectivity index (χ1) is 8.56. The van der Waals surface area contributed by atoms with Crippen LogP contribution in [0.2, 0.25) is 5.02 Å². The van der Waals surface area contributed by atoms with Gasteiger partial charge in [-0.3, -0.25) is 0 Å². The van der Waals surface area contributed by atoms with Gasteiger partial charge in [-0.05, 0) is 42.8 Å². The molecule has 0 aliphatic heterocycles. The minimum absolute atomic E-state index is 0.609. The molecule has 90 valence electrons. The maximum atomic E-state index is 5.91. The first kappa shape index (κ1) is 12.3. The first-order valence-corrected chi connectivity index (χ1v) is 5.87. The number of nitrogen functional groups attached to an aromatic ring is 2. The lowest BCUT2D eigenvalue weighted by Gasteiger charge is -2.00. The van der Waals surface area contributed by atoms with Crippen molar-refractivity contribution in [3.8, 4) is 11.8 Å². The number of hydrogen-bond donors (Lipinski definition) is 2. The molecule has 0 aliphatic carbocycles. The van der Waals surface area contributed by atoms with Crippen LogP contribution in [0.1, 0.15) is 16.7 Å². The summed E-state index contributed by atoms with van der Waals surface area (Å²) in [5.74, 6) is 6.02. The second kappa shape index (κ2) is 5.03. The molecule has 2 rings (SSSR count). The fourth-order valence-electron chi connectivity index (χ4n) is 1.55. The minimum atomic E-state index is 0.609.